The lowest BCUT2D eigenvalue weighted by atomic mass is 9.86. The molecule has 1 aliphatic heterocycles. The number of halogens is 1. The molecule has 0 bridgehead atoms. The maximum Gasteiger partial charge on any atom is 0.294 e. The maximum atomic E-state index is 11.7. The maximum absolute atomic E-state index is 11.7. The van der Waals surface area contributed by atoms with Crippen LogP contribution in [-0.2, 0) is 0 Å². The van der Waals surface area contributed by atoms with E-state index in [0.717, 1.165) is 43.2 Å². The minimum Gasteiger partial charge on any atom is -0.369 e. The van der Waals surface area contributed by atoms with Crippen molar-refractivity contribution in [2.45, 2.75) is 51.6 Å². The van der Waals surface area contributed by atoms with Crippen LogP contribution in [0.25, 0.3) is 0 Å². The van der Waals surface area contributed by atoms with Crippen LogP contribution in [0.2, 0.25) is 0 Å². The number of hydrogen-bond donors (Lipinski definition) is 2. The van der Waals surface area contributed by atoms with Gasteiger partial charge in [-0.3, -0.25) is 15.0 Å². The number of rotatable bonds is 2. The van der Waals surface area contributed by atoms with Crippen molar-refractivity contribution in [1.29, 1.82) is 0 Å². The van der Waals surface area contributed by atoms with Gasteiger partial charge in [-0.2, -0.15) is 4.99 Å². The Kier molecular flexibility index (Phi) is 4.44. The predicted octanol–water partition coefficient (Wildman–Crippen LogP) is 3.08. The molecule has 4 N–H and O–H groups in total. The van der Waals surface area contributed by atoms with Gasteiger partial charge in [0.15, 0.2) is 0 Å². The summed E-state index contributed by atoms with van der Waals surface area (Å²) < 4.78 is 0.689. The number of aliphatic imine (C=N–C) groups is 2. The van der Waals surface area contributed by atoms with Crippen LogP contribution < -0.4 is 16.4 Å². The Morgan fingerprint density at radius 3 is 2.48 bits per heavy atom. The van der Waals surface area contributed by atoms with Gasteiger partial charge in [0.05, 0.1) is 4.92 Å². The molecule has 1 heterocycles. The van der Waals surface area contributed by atoms with Gasteiger partial charge in [0.1, 0.15) is 11.4 Å². The summed E-state index contributed by atoms with van der Waals surface area (Å²) in [5, 5.41) is 11.7. The van der Waals surface area contributed by atoms with Crippen LogP contribution >= 0.6 is 15.9 Å². The fraction of sp³-hybridized carbons (Fsp3) is 0.500. The molecule has 1 aromatic carbocycles. The Labute approximate surface area is 154 Å². The minimum absolute atomic E-state index is 0.0197. The molecule has 9 heteroatoms. The number of nitro benzene ring substituents is 1. The van der Waals surface area contributed by atoms with Crippen LogP contribution in [0.3, 0.4) is 0 Å². The highest BCUT2D eigenvalue weighted by molar-refractivity contribution is 9.10. The first-order valence-electron chi connectivity index (χ1n) is 8.20. The molecule has 0 amide bonds. The zero-order valence-electron chi connectivity index (χ0n) is 14.3. The molecule has 1 aromatic rings. The van der Waals surface area contributed by atoms with Gasteiger partial charge in [0.25, 0.3) is 5.69 Å². The van der Waals surface area contributed by atoms with E-state index in [1.807, 2.05) is 13.8 Å². The van der Waals surface area contributed by atoms with Gasteiger partial charge in [0, 0.05) is 10.5 Å². The van der Waals surface area contributed by atoms with E-state index in [9.17, 15) is 10.1 Å². The Hall–Kier alpha value is -2.16. The smallest absolute Gasteiger partial charge is 0.294 e. The third-order valence-electron chi connectivity index (χ3n) is 5.05. The Balaban J connectivity index is 2.28. The van der Waals surface area contributed by atoms with Crippen LogP contribution in [0.15, 0.2) is 20.5 Å². The zero-order valence-corrected chi connectivity index (χ0v) is 15.8. The molecule has 1 spiro atoms. The summed E-state index contributed by atoms with van der Waals surface area (Å²) in [6.45, 7) is 3.77. The Morgan fingerprint density at radius 2 is 1.88 bits per heavy atom. The summed E-state index contributed by atoms with van der Waals surface area (Å²) in [6.07, 6.45) is 4.49. The molecule has 1 fully saturated rings. The minimum atomic E-state index is -0.704. The second-order valence-corrected chi connectivity index (χ2v) is 7.41. The van der Waals surface area contributed by atoms with Crippen LogP contribution in [0.1, 0.15) is 43.2 Å². The quantitative estimate of drug-likeness (QED) is 0.574. The van der Waals surface area contributed by atoms with Crippen molar-refractivity contribution in [1.82, 2.24) is 0 Å². The largest absolute Gasteiger partial charge is 0.369 e. The van der Waals surface area contributed by atoms with Gasteiger partial charge in [-0.25, -0.2) is 4.99 Å². The summed E-state index contributed by atoms with van der Waals surface area (Å²) >= 11 is 3.40. The highest BCUT2D eigenvalue weighted by Crippen LogP contribution is 2.45. The number of nitrogens with zero attached hydrogens (tertiary/aromatic N) is 4. The van der Waals surface area contributed by atoms with Gasteiger partial charge in [-0.05, 0) is 50.7 Å². The first kappa shape index (κ1) is 17.7. The summed E-state index contributed by atoms with van der Waals surface area (Å²) in [5.74, 6) is 0.284. The summed E-state index contributed by atoms with van der Waals surface area (Å²) in [4.78, 5) is 21.8. The molecule has 1 aliphatic carbocycles. The number of nitrogens with two attached hydrogens (primary N) is 2. The molecule has 2 aliphatic rings. The molecule has 0 atom stereocenters. The normalized spacial score (nSPS) is 19.6. The molecule has 1 saturated carbocycles. The molecule has 25 heavy (non-hydrogen) atoms. The number of hydrogen-bond acceptors (Lipinski definition) is 7. The van der Waals surface area contributed by atoms with Gasteiger partial charge in [-0.1, -0.05) is 22.4 Å². The zero-order chi connectivity index (χ0) is 18.4. The lowest BCUT2D eigenvalue weighted by Gasteiger charge is -2.45. The average molecular weight is 409 g/mol. The van der Waals surface area contributed by atoms with Gasteiger partial charge in [0.2, 0.25) is 11.9 Å². The van der Waals surface area contributed by atoms with Gasteiger partial charge >= 0.3 is 0 Å². The first-order chi connectivity index (χ1) is 11.8. The summed E-state index contributed by atoms with van der Waals surface area (Å²) in [6, 6.07) is 1.52. The van der Waals surface area contributed by atoms with Crippen LogP contribution in [0, 0.1) is 24.0 Å². The molecule has 134 valence electrons. The highest BCUT2D eigenvalue weighted by atomic mass is 79.9. The molecular formula is C16H21BrN6O2. The van der Waals surface area contributed by atoms with E-state index in [1.54, 1.807) is 4.90 Å². The lowest BCUT2D eigenvalue weighted by molar-refractivity contribution is -0.384. The van der Waals surface area contributed by atoms with E-state index in [-0.39, 0.29) is 17.6 Å². The first-order valence-corrected chi connectivity index (χ1v) is 9.00. The SMILES string of the molecule is Cc1c(Br)cc([N+](=O)[O-])c(N2C(N)=NC(N)=NC23CCCCC3)c1C. The van der Waals surface area contributed by atoms with Crippen molar-refractivity contribution in [3.05, 3.63) is 31.8 Å². The molecule has 8 nitrogen and oxygen atoms in total. The number of guanidine groups is 2. The van der Waals surface area contributed by atoms with Crippen molar-refractivity contribution >= 4 is 39.2 Å². The van der Waals surface area contributed by atoms with Crippen molar-refractivity contribution in [2.24, 2.45) is 21.5 Å². The lowest BCUT2D eigenvalue weighted by Crippen LogP contribution is -2.58. The second-order valence-electron chi connectivity index (χ2n) is 6.55. The standard InChI is InChI=1S/C16H21BrN6O2/c1-9-10(2)13(12(23(24)25)8-11(9)17)22-15(19)20-14(18)21-16(22)6-4-3-5-7-16/h8H,3-7H2,1-2H3,(H4,18,19,20,21). The third kappa shape index (κ3) is 2.86. The fourth-order valence-electron chi connectivity index (χ4n) is 3.71. The average Bonchev–Trinajstić information content (AvgIpc) is 2.54. The van der Waals surface area contributed by atoms with Crippen molar-refractivity contribution in [3.8, 4) is 0 Å². The topological polar surface area (TPSA) is 123 Å². The second kappa shape index (κ2) is 6.29. The van der Waals surface area contributed by atoms with E-state index in [4.69, 9.17) is 11.5 Å². The summed E-state index contributed by atoms with van der Waals surface area (Å²) in [5.41, 5.74) is 13.5. The van der Waals surface area contributed by atoms with Crippen LogP contribution in [0.4, 0.5) is 11.4 Å². The Morgan fingerprint density at radius 1 is 1.24 bits per heavy atom. The van der Waals surface area contributed by atoms with Gasteiger partial charge in [-0.15, -0.1) is 0 Å². The number of benzene rings is 1. The molecule has 0 radical (unpaired) electrons. The monoisotopic (exact) mass is 408 g/mol. The third-order valence-corrected chi connectivity index (χ3v) is 5.88. The van der Waals surface area contributed by atoms with E-state index in [2.05, 4.69) is 25.9 Å². The molecule has 0 unspecified atom stereocenters. The summed E-state index contributed by atoms with van der Waals surface area (Å²) in [7, 11) is 0. The predicted molar refractivity (Wildman–Crippen MR) is 102 cm³/mol. The fourth-order valence-corrected chi connectivity index (χ4v) is 4.23. The van der Waals surface area contributed by atoms with Crippen molar-refractivity contribution in [2.75, 3.05) is 4.90 Å². The van der Waals surface area contributed by atoms with Crippen LogP contribution in [-0.4, -0.2) is 22.5 Å². The van der Waals surface area contributed by atoms with Gasteiger partial charge < -0.3 is 11.5 Å². The molecular weight excluding hydrogens is 388 g/mol. The Bertz CT molecular complexity index is 798. The molecule has 0 aromatic heterocycles. The van der Waals surface area contributed by atoms with E-state index >= 15 is 0 Å². The van der Waals surface area contributed by atoms with E-state index < -0.39 is 10.6 Å². The highest BCUT2D eigenvalue weighted by Gasteiger charge is 2.45. The van der Waals surface area contributed by atoms with E-state index in [1.165, 1.54) is 6.07 Å². The van der Waals surface area contributed by atoms with Crippen LogP contribution in [0.5, 0.6) is 0 Å². The number of anilines is 1. The van der Waals surface area contributed by atoms with Crippen molar-refractivity contribution < 1.29 is 4.92 Å². The molecule has 0 saturated heterocycles. The van der Waals surface area contributed by atoms with E-state index in [0.29, 0.717) is 10.2 Å². The van der Waals surface area contributed by atoms with Crippen molar-refractivity contribution in [3.63, 3.8) is 0 Å². The number of nitro groups is 1. The molecule has 3 rings (SSSR count).